The predicted molar refractivity (Wildman–Crippen MR) is 81.8 cm³/mol. The van der Waals surface area contributed by atoms with Crippen molar-refractivity contribution in [2.24, 2.45) is 5.92 Å². The van der Waals surface area contributed by atoms with E-state index in [1.807, 2.05) is 0 Å². The van der Waals surface area contributed by atoms with Crippen molar-refractivity contribution in [1.82, 2.24) is 10.4 Å². The van der Waals surface area contributed by atoms with E-state index in [0.717, 1.165) is 37.8 Å². The molecule has 112 valence electrons. The highest BCUT2D eigenvalue weighted by Crippen LogP contribution is 2.38. The van der Waals surface area contributed by atoms with E-state index in [0.29, 0.717) is 17.7 Å². The number of rotatable bonds is 7. The van der Waals surface area contributed by atoms with Crippen LogP contribution in [-0.4, -0.2) is 21.7 Å². The first-order valence-corrected chi connectivity index (χ1v) is 7.91. The topological polar surface area (TPSA) is 35.5 Å². The van der Waals surface area contributed by atoms with Crippen molar-refractivity contribution in [3.8, 4) is 0 Å². The van der Waals surface area contributed by atoms with E-state index in [2.05, 4.69) is 52.0 Å². The van der Waals surface area contributed by atoms with E-state index < -0.39 is 0 Å². The van der Waals surface area contributed by atoms with Gasteiger partial charge in [-0.15, -0.1) is 0 Å². The molecule has 2 N–H and O–H groups in total. The summed E-state index contributed by atoms with van der Waals surface area (Å²) in [5.74, 6) is 0.950. The molecule has 0 bridgehead atoms. The molecule has 0 aromatic heterocycles. The molecule has 3 unspecified atom stereocenters. The van der Waals surface area contributed by atoms with Crippen molar-refractivity contribution >= 4 is 0 Å². The second kappa shape index (κ2) is 6.65. The average molecular weight is 268 g/mol. The van der Waals surface area contributed by atoms with Crippen molar-refractivity contribution in [3.05, 3.63) is 11.5 Å². The first-order valence-electron chi connectivity index (χ1n) is 7.91. The molecule has 1 aliphatic rings. The fourth-order valence-corrected chi connectivity index (χ4v) is 2.80. The zero-order valence-electron chi connectivity index (χ0n) is 13.6. The van der Waals surface area contributed by atoms with Crippen LogP contribution in [0.25, 0.3) is 0 Å². The minimum atomic E-state index is -0.246. The van der Waals surface area contributed by atoms with Crippen molar-refractivity contribution in [3.63, 3.8) is 0 Å². The minimum Gasteiger partial charge on any atom is -0.508 e. The first-order chi connectivity index (χ1) is 8.92. The lowest BCUT2D eigenvalue weighted by Crippen LogP contribution is -2.53. The van der Waals surface area contributed by atoms with Crippen LogP contribution in [0.1, 0.15) is 73.6 Å². The van der Waals surface area contributed by atoms with Gasteiger partial charge in [-0.3, -0.25) is 0 Å². The van der Waals surface area contributed by atoms with Gasteiger partial charge >= 0.3 is 0 Å². The van der Waals surface area contributed by atoms with Crippen LogP contribution in [-0.2, 0) is 0 Å². The zero-order chi connectivity index (χ0) is 14.6. The van der Waals surface area contributed by atoms with Crippen LogP contribution >= 0.6 is 0 Å². The van der Waals surface area contributed by atoms with Gasteiger partial charge in [-0.05, 0) is 33.1 Å². The maximum atomic E-state index is 10.7. The summed E-state index contributed by atoms with van der Waals surface area (Å²) in [7, 11) is 0. The summed E-state index contributed by atoms with van der Waals surface area (Å²) < 4.78 is 0. The molecule has 0 spiro atoms. The number of hydrogen-bond acceptors (Lipinski definition) is 3. The normalized spacial score (nSPS) is 27.5. The van der Waals surface area contributed by atoms with Crippen LogP contribution in [0.5, 0.6) is 0 Å². The molecule has 3 atom stereocenters. The number of unbranched alkanes of at least 4 members (excludes halogenated alkanes) is 1. The molecule has 0 aliphatic carbocycles. The number of allylic oxidation sites excluding steroid dienone is 1. The Labute approximate surface area is 119 Å². The molecule has 0 saturated heterocycles. The average Bonchev–Trinajstić information content (AvgIpc) is 2.68. The molecular weight excluding hydrogens is 236 g/mol. The Morgan fingerprint density at radius 2 is 1.84 bits per heavy atom. The number of hydrazine groups is 1. The Morgan fingerprint density at radius 1 is 1.21 bits per heavy atom. The zero-order valence-corrected chi connectivity index (χ0v) is 13.6. The molecule has 1 aliphatic heterocycles. The second-order valence-electron chi connectivity index (χ2n) is 6.19. The van der Waals surface area contributed by atoms with E-state index in [4.69, 9.17) is 0 Å². The van der Waals surface area contributed by atoms with Crippen LogP contribution in [0.15, 0.2) is 11.5 Å². The van der Waals surface area contributed by atoms with Gasteiger partial charge in [-0.1, -0.05) is 40.5 Å². The molecule has 0 aromatic carbocycles. The standard InChI is InChI=1S/C16H32N2O/c1-7-10-11-16(6)15(19)14(12(4)8-2)17-18(16)13(5)9-3/h12-13,17,19H,7-11H2,1-6H3. The highest BCUT2D eigenvalue weighted by Gasteiger charge is 2.45. The quantitative estimate of drug-likeness (QED) is 0.719. The van der Waals surface area contributed by atoms with E-state index in [1.165, 1.54) is 0 Å². The molecule has 0 aromatic rings. The van der Waals surface area contributed by atoms with Crippen LogP contribution in [0.4, 0.5) is 0 Å². The van der Waals surface area contributed by atoms with Gasteiger partial charge in [0, 0.05) is 12.0 Å². The van der Waals surface area contributed by atoms with Gasteiger partial charge in [-0.25, -0.2) is 5.01 Å². The number of hydrogen-bond donors (Lipinski definition) is 2. The third kappa shape index (κ3) is 3.07. The molecule has 0 amide bonds. The maximum Gasteiger partial charge on any atom is 0.135 e. The lowest BCUT2D eigenvalue weighted by molar-refractivity contribution is 0.0380. The lowest BCUT2D eigenvalue weighted by Gasteiger charge is -2.39. The van der Waals surface area contributed by atoms with Gasteiger partial charge in [0.15, 0.2) is 0 Å². The monoisotopic (exact) mass is 268 g/mol. The second-order valence-corrected chi connectivity index (χ2v) is 6.19. The summed E-state index contributed by atoms with van der Waals surface area (Å²) in [6.45, 7) is 13.2. The van der Waals surface area contributed by atoms with Crippen molar-refractivity contribution < 1.29 is 5.11 Å². The number of aliphatic hydroxyl groups excluding tert-OH is 1. The van der Waals surface area contributed by atoms with E-state index in [9.17, 15) is 5.11 Å². The Morgan fingerprint density at radius 3 is 2.32 bits per heavy atom. The Kier molecular flexibility index (Phi) is 5.72. The lowest BCUT2D eigenvalue weighted by atomic mass is 9.89. The van der Waals surface area contributed by atoms with Gasteiger partial charge in [-0.2, -0.15) is 0 Å². The van der Waals surface area contributed by atoms with Gasteiger partial charge < -0.3 is 10.5 Å². The molecule has 3 heteroatoms. The molecule has 0 saturated carbocycles. The van der Waals surface area contributed by atoms with Gasteiger partial charge in [0.2, 0.25) is 0 Å². The summed E-state index contributed by atoms with van der Waals surface area (Å²) in [6, 6.07) is 0.422. The van der Waals surface area contributed by atoms with Gasteiger partial charge in [0.25, 0.3) is 0 Å². The Balaban J connectivity index is 3.05. The summed E-state index contributed by atoms with van der Waals surface area (Å²) in [6.07, 6.45) is 5.44. The third-order valence-corrected chi connectivity index (χ3v) is 4.69. The summed E-state index contributed by atoms with van der Waals surface area (Å²) in [5, 5.41) is 13.0. The summed E-state index contributed by atoms with van der Waals surface area (Å²) in [4.78, 5) is 0. The highest BCUT2D eigenvalue weighted by molar-refractivity contribution is 5.26. The molecule has 3 nitrogen and oxygen atoms in total. The SMILES string of the molecule is CCCCC1(C)C(O)=C(C(C)CC)NN1C(C)CC. The van der Waals surface area contributed by atoms with Crippen LogP contribution in [0, 0.1) is 5.92 Å². The van der Waals surface area contributed by atoms with Gasteiger partial charge in [0.05, 0.1) is 11.2 Å². The van der Waals surface area contributed by atoms with Crippen molar-refractivity contribution in [2.45, 2.75) is 85.2 Å². The van der Waals surface area contributed by atoms with Crippen LogP contribution < -0.4 is 5.43 Å². The molecule has 1 rings (SSSR count). The van der Waals surface area contributed by atoms with E-state index in [1.54, 1.807) is 0 Å². The van der Waals surface area contributed by atoms with Crippen molar-refractivity contribution in [2.75, 3.05) is 0 Å². The van der Waals surface area contributed by atoms with E-state index >= 15 is 0 Å². The van der Waals surface area contributed by atoms with Gasteiger partial charge in [0.1, 0.15) is 5.76 Å². The molecule has 1 heterocycles. The number of nitrogens with zero attached hydrogens (tertiary/aromatic N) is 1. The Bertz CT molecular complexity index is 327. The number of nitrogens with one attached hydrogen (secondary N) is 1. The predicted octanol–water partition coefficient (Wildman–Crippen LogP) is 4.37. The smallest absolute Gasteiger partial charge is 0.135 e. The minimum absolute atomic E-state index is 0.246. The summed E-state index contributed by atoms with van der Waals surface area (Å²) in [5.41, 5.74) is 4.29. The fourth-order valence-electron chi connectivity index (χ4n) is 2.80. The molecule has 19 heavy (non-hydrogen) atoms. The largest absolute Gasteiger partial charge is 0.508 e. The molecule has 0 fully saturated rings. The molecule has 0 radical (unpaired) electrons. The fraction of sp³-hybridized carbons (Fsp3) is 0.875. The first kappa shape index (κ1) is 16.4. The third-order valence-electron chi connectivity index (χ3n) is 4.69. The summed E-state index contributed by atoms with van der Waals surface area (Å²) >= 11 is 0. The number of aliphatic hydroxyl groups is 1. The van der Waals surface area contributed by atoms with Crippen molar-refractivity contribution in [1.29, 1.82) is 0 Å². The van der Waals surface area contributed by atoms with Crippen LogP contribution in [0.3, 0.4) is 0 Å². The van der Waals surface area contributed by atoms with Crippen LogP contribution in [0.2, 0.25) is 0 Å². The highest BCUT2D eigenvalue weighted by atomic mass is 16.3. The molecular formula is C16H32N2O. The van der Waals surface area contributed by atoms with E-state index in [-0.39, 0.29) is 5.54 Å². The Hall–Kier alpha value is -0.700. The maximum absolute atomic E-state index is 10.7.